The largest absolute Gasteiger partial charge is 0.486 e. The molecule has 0 saturated heterocycles. The van der Waals surface area contributed by atoms with Crippen LogP contribution in [0.2, 0.25) is 0 Å². The van der Waals surface area contributed by atoms with Crippen molar-refractivity contribution in [2.75, 3.05) is 0 Å². The lowest BCUT2D eigenvalue weighted by atomic mass is 10.1. The van der Waals surface area contributed by atoms with Gasteiger partial charge in [-0.1, -0.05) is 0 Å². The van der Waals surface area contributed by atoms with E-state index in [0.717, 1.165) is 5.01 Å². The number of nitrogens with zero attached hydrogens (tertiary/aromatic N) is 1. The number of thiazole rings is 1. The van der Waals surface area contributed by atoms with E-state index < -0.39 is 6.10 Å². The quantitative estimate of drug-likeness (QED) is 0.911. The minimum atomic E-state index is -0.693. The molecule has 1 atom stereocenters. The van der Waals surface area contributed by atoms with Gasteiger partial charge in [0.15, 0.2) is 0 Å². The van der Waals surface area contributed by atoms with Gasteiger partial charge in [-0.25, -0.2) is 9.37 Å². The maximum Gasteiger partial charge on any atom is 0.140 e. The summed E-state index contributed by atoms with van der Waals surface area (Å²) in [7, 11) is 0. The van der Waals surface area contributed by atoms with Crippen LogP contribution in [0.4, 0.5) is 4.39 Å². The van der Waals surface area contributed by atoms with Gasteiger partial charge < -0.3 is 9.84 Å². The lowest BCUT2D eigenvalue weighted by Gasteiger charge is -2.12. The van der Waals surface area contributed by atoms with Crippen molar-refractivity contribution in [3.8, 4) is 5.75 Å². The van der Waals surface area contributed by atoms with Crippen LogP contribution in [-0.4, -0.2) is 10.1 Å². The smallest absolute Gasteiger partial charge is 0.140 e. The van der Waals surface area contributed by atoms with Crippen molar-refractivity contribution in [1.82, 2.24) is 4.98 Å². The number of aromatic nitrogens is 1. The van der Waals surface area contributed by atoms with Crippen molar-refractivity contribution in [2.24, 2.45) is 0 Å². The van der Waals surface area contributed by atoms with Gasteiger partial charge in [0, 0.05) is 23.2 Å². The van der Waals surface area contributed by atoms with Crippen molar-refractivity contribution in [3.63, 3.8) is 0 Å². The lowest BCUT2D eigenvalue weighted by Crippen LogP contribution is -2.01. The average Bonchev–Trinajstić information content (AvgIpc) is 2.78. The van der Waals surface area contributed by atoms with Gasteiger partial charge in [-0.15, -0.1) is 11.3 Å². The Bertz CT molecular complexity index is 485. The predicted octanol–water partition coefficient (Wildman–Crippen LogP) is 2.91. The van der Waals surface area contributed by atoms with E-state index in [-0.39, 0.29) is 12.4 Å². The second-order valence-corrected chi connectivity index (χ2v) is 4.55. The predicted molar refractivity (Wildman–Crippen MR) is 63.5 cm³/mol. The van der Waals surface area contributed by atoms with E-state index in [1.165, 1.54) is 29.5 Å². The molecule has 0 fully saturated rings. The van der Waals surface area contributed by atoms with Crippen LogP contribution in [-0.2, 0) is 6.61 Å². The molecular formula is C12H12FNO2S. The third kappa shape index (κ3) is 3.01. The molecule has 2 rings (SSSR count). The van der Waals surface area contributed by atoms with Gasteiger partial charge in [-0.05, 0) is 19.1 Å². The number of benzene rings is 1. The molecule has 1 heterocycles. The fourth-order valence-corrected chi connectivity index (χ4v) is 1.97. The van der Waals surface area contributed by atoms with E-state index in [2.05, 4.69) is 4.98 Å². The number of aliphatic hydroxyl groups is 1. The summed E-state index contributed by atoms with van der Waals surface area (Å²) >= 11 is 1.47. The van der Waals surface area contributed by atoms with Crippen LogP contribution in [0.3, 0.4) is 0 Å². The highest BCUT2D eigenvalue weighted by atomic mass is 32.1. The van der Waals surface area contributed by atoms with Gasteiger partial charge in [-0.3, -0.25) is 0 Å². The summed E-state index contributed by atoms with van der Waals surface area (Å²) in [5.41, 5.74) is 0.572. The Morgan fingerprint density at radius 3 is 3.00 bits per heavy atom. The number of hydrogen-bond donors (Lipinski definition) is 1. The van der Waals surface area contributed by atoms with Crippen molar-refractivity contribution in [3.05, 3.63) is 46.2 Å². The van der Waals surface area contributed by atoms with Gasteiger partial charge in [0.1, 0.15) is 23.2 Å². The molecular weight excluding hydrogens is 241 g/mol. The summed E-state index contributed by atoms with van der Waals surface area (Å²) in [5, 5.41) is 12.2. The molecule has 3 nitrogen and oxygen atoms in total. The van der Waals surface area contributed by atoms with E-state index in [9.17, 15) is 9.50 Å². The zero-order valence-corrected chi connectivity index (χ0v) is 10.1. The minimum Gasteiger partial charge on any atom is -0.486 e. The van der Waals surface area contributed by atoms with Crippen LogP contribution in [0.5, 0.6) is 5.75 Å². The first-order valence-corrected chi connectivity index (χ1v) is 6.03. The molecule has 1 N–H and O–H groups in total. The first-order chi connectivity index (χ1) is 8.16. The summed E-state index contributed by atoms with van der Waals surface area (Å²) in [4.78, 5) is 4.07. The molecule has 2 aromatic rings. The number of rotatable bonds is 4. The van der Waals surface area contributed by atoms with Crippen molar-refractivity contribution >= 4 is 11.3 Å². The first kappa shape index (κ1) is 12.0. The first-order valence-electron chi connectivity index (χ1n) is 5.15. The Balaban J connectivity index is 2.16. The van der Waals surface area contributed by atoms with Crippen LogP contribution in [0, 0.1) is 5.82 Å². The molecule has 0 aliphatic carbocycles. The SMILES string of the molecule is C[C@H](O)c1ccc(F)cc1OCc1nccs1. The van der Waals surface area contributed by atoms with E-state index >= 15 is 0 Å². The van der Waals surface area contributed by atoms with Crippen molar-refractivity contribution in [2.45, 2.75) is 19.6 Å². The third-order valence-electron chi connectivity index (χ3n) is 2.26. The Morgan fingerprint density at radius 1 is 1.53 bits per heavy atom. The Kier molecular flexibility index (Phi) is 3.71. The zero-order valence-electron chi connectivity index (χ0n) is 9.26. The molecule has 1 aromatic heterocycles. The molecule has 90 valence electrons. The normalized spacial score (nSPS) is 12.4. The summed E-state index contributed by atoms with van der Waals surface area (Å²) in [6.07, 6.45) is 0.992. The van der Waals surface area contributed by atoms with E-state index in [1.807, 2.05) is 5.38 Å². The topological polar surface area (TPSA) is 42.4 Å². The summed E-state index contributed by atoms with van der Waals surface area (Å²) in [5.74, 6) is -0.0289. The molecule has 0 spiro atoms. The highest BCUT2D eigenvalue weighted by Gasteiger charge is 2.10. The molecule has 0 aliphatic heterocycles. The molecule has 0 saturated carbocycles. The van der Waals surface area contributed by atoms with Gasteiger partial charge in [0.05, 0.1) is 6.10 Å². The molecule has 0 radical (unpaired) electrons. The van der Waals surface area contributed by atoms with E-state index in [4.69, 9.17) is 4.74 Å². The fraction of sp³-hybridized carbons (Fsp3) is 0.250. The number of halogens is 1. The molecule has 1 aromatic carbocycles. The summed E-state index contributed by atoms with van der Waals surface area (Å²) in [6, 6.07) is 4.10. The van der Waals surface area contributed by atoms with Gasteiger partial charge in [0.2, 0.25) is 0 Å². The van der Waals surface area contributed by atoms with Crippen LogP contribution in [0.15, 0.2) is 29.8 Å². The standard InChI is InChI=1S/C12H12FNO2S/c1-8(15)10-3-2-9(13)6-11(10)16-7-12-14-4-5-17-12/h2-6,8,15H,7H2,1H3/t8-/m0/s1. The second kappa shape index (κ2) is 5.25. The highest BCUT2D eigenvalue weighted by molar-refractivity contribution is 7.09. The average molecular weight is 253 g/mol. The Hall–Kier alpha value is -1.46. The van der Waals surface area contributed by atoms with Crippen LogP contribution < -0.4 is 4.74 Å². The van der Waals surface area contributed by atoms with Crippen molar-refractivity contribution in [1.29, 1.82) is 0 Å². The minimum absolute atomic E-state index is 0.279. The van der Waals surface area contributed by atoms with E-state index in [0.29, 0.717) is 11.3 Å². The molecule has 0 bridgehead atoms. The number of ether oxygens (including phenoxy) is 1. The van der Waals surface area contributed by atoms with Gasteiger partial charge >= 0.3 is 0 Å². The highest BCUT2D eigenvalue weighted by Crippen LogP contribution is 2.26. The number of aliphatic hydroxyl groups excluding tert-OH is 1. The molecule has 0 amide bonds. The summed E-state index contributed by atoms with van der Waals surface area (Å²) < 4.78 is 18.6. The lowest BCUT2D eigenvalue weighted by molar-refractivity contribution is 0.190. The van der Waals surface area contributed by atoms with Gasteiger partial charge in [-0.2, -0.15) is 0 Å². The van der Waals surface area contributed by atoms with Gasteiger partial charge in [0.25, 0.3) is 0 Å². The van der Waals surface area contributed by atoms with E-state index in [1.54, 1.807) is 13.1 Å². The van der Waals surface area contributed by atoms with Crippen LogP contribution >= 0.6 is 11.3 Å². The monoisotopic (exact) mass is 253 g/mol. The third-order valence-corrected chi connectivity index (χ3v) is 3.01. The van der Waals surface area contributed by atoms with Crippen LogP contribution in [0.25, 0.3) is 0 Å². The Labute approximate surface area is 103 Å². The molecule has 0 aliphatic rings. The molecule has 5 heteroatoms. The van der Waals surface area contributed by atoms with Crippen LogP contribution in [0.1, 0.15) is 23.6 Å². The zero-order chi connectivity index (χ0) is 12.3. The second-order valence-electron chi connectivity index (χ2n) is 3.57. The maximum atomic E-state index is 13.1. The van der Waals surface area contributed by atoms with Crippen molar-refractivity contribution < 1.29 is 14.2 Å². The molecule has 0 unspecified atom stereocenters. The molecule has 17 heavy (non-hydrogen) atoms. The Morgan fingerprint density at radius 2 is 2.35 bits per heavy atom. The maximum absolute atomic E-state index is 13.1. The fourth-order valence-electron chi connectivity index (χ4n) is 1.44. The number of hydrogen-bond acceptors (Lipinski definition) is 4. The summed E-state index contributed by atoms with van der Waals surface area (Å²) in [6.45, 7) is 1.89.